The van der Waals surface area contributed by atoms with E-state index in [2.05, 4.69) is 20.9 Å². The quantitative estimate of drug-likeness (QED) is 0.907. The number of benzene rings is 1. The highest BCUT2D eigenvalue weighted by atomic mass is 79.9. The highest BCUT2D eigenvalue weighted by Gasteiger charge is 2.09. The molecule has 106 valence electrons. The fourth-order valence-electron chi connectivity index (χ4n) is 1.71. The number of ether oxygens (including phenoxy) is 2. The van der Waals surface area contributed by atoms with Gasteiger partial charge in [0.1, 0.15) is 6.61 Å². The molecular formula is C15H16BrNO3. The van der Waals surface area contributed by atoms with Gasteiger partial charge in [-0.1, -0.05) is 6.07 Å². The lowest BCUT2D eigenvalue weighted by Crippen LogP contribution is -2.00. The molecule has 0 radical (unpaired) electrons. The number of pyridine rings is 1. The maximum Gasteiger partial charge on any atom is 0.161 e. The minimum Gasteiger partial charge on any atom is -0.493 e. The van der Waals surface area contributed by atoms with E-state index in [1.807, 2.05) is 18.2 Å². The van der Waals surface area contributed by atoms with Crippen LogP contribution < -0.4 is 9.47 Å². The second kappa shape index (κ2) is 6.72. The first-order valence-electron chi connectivity index (χ1n) is 6.19. The van der Waals surface area contributed by atoms with E-state index in [-0.39, 0.29) is 0 Å². The molecule has 1 heterocycles. The third kappa shape index (κ3) is 3.71. The Hall–Kier alpha value is -1.59. The number of aromatic nitrogens is 1. The SMILES string of the molecule is COc1cc([C@H](C)O)ccc1OCc1ccc(Br)cn1. The van der Waals surface area contributed by atoms with Crippen LogP contribution in [0.2, 0.25) is 0 Å². The van der Waals surface area contributed by atoms with E-state index in [1.165, 1.54) is 0 Å². The zero-order valence-corrected chi connectivity index (χ0v) is 12.9. The van der Waals surface area contributed by atoms with Gasteiger partial charge in [-0.15, -0.1) is 0 Å². The molecule has 5 heteroatoms. The lowest BCUT2D eigenvalue weighted by molar-refractivity contribution is 0.198. The molecule has 0 amide bonds. The topological polar surface area (TPSA) is 51.6 Å². The second-order valence-electron chi connectivity index (χ2n) is 4.34. The first-order chi connectivity index (χ1) is 9.60. The van der Waals surface area contributed by atoms with Crippen molar-refractivity contribution in [1.82, 2.24) is 4.98 Å². The predicted octanol–water partition coefficient (Wildman–Crippen LogP) is 3.49. The molecule has 2 rings (SSSR count). The normalized spacial score (nSPS) is 12.0. The highest BCUT2D eigenvalue weighted by molar-refractivity contribution is 9.10. The standard InChI is InChI=1S/C15H16BrNO3/c1-10(18)11-3-6-14(15(7-11)19-2)20-9-13-5-4-12(16)8-17-13/h3-8,10,18H,9H2,1-2H3/t10-/m0/s1. The average molecular weight is 338 g/mol. The van der Waals surface area contributed by atoms with Crippen LogP contribution in [0.25, 0.3) is 0 Å². The molecule has 0 unspecified atom stereocenters. The van der Waals surface area contributed by atoms with Crippen molar-refractivity contribution in [2.45, 2.75) is 19.6 Å². The van der Waals surface area contributed by atoms with Crippen LogP contribution in [0.5, 0.6) is 11.5 Å². The predicted molar refractivity (Wildman–Crippen MR) is 79.9 cm³/mol. The van der Waals surface area contributed by atoms with Crippen LogP contribution >= 0.6 is 15.9 Å². The molecule has 0 aliphatic heterocycles. The molecule has 0 fully saturated rings. The minimum atomic E-state index is -0.536. The number of hydrogen-bond acceptors (Lipinski definition) is 4. The lowest BCUT2D eigenvalue weighted by atomic mass is 10.1. The Morgan fingerprint density at radius 2 is 2.05 bits per heavy atom. The summed E-state index contributed by atoms with van der Waals surface area (Å²) in [5, 5.41) is 9.56. The maximum atomic E-state index is 9.56. The molecule has 1 N–H and O–H groups in total. The van der Waals surface area contributed by atoms with Crippen LogP contribution in [0.1, 0.15) is 24.3 Å². The van der Waals surface area contributed by atoms with Gasteiger partial charge in [0.25, 0.3) is 0 Å². The number of hydrogen-bond donors (Lipinski definition) is 1. The number of methoxy groups -OCH3 is 1. The molecule has 20 heavy (non-hydrogen) atoms. The first-order valence-corrected chi connectivity index (χ1v) is 6.98. The van der Waals surface area contributed by atoms with E-state index < -0.39 is 6.10 Å². The molecule has 0 spiro atoms. The van der Waals surface area contributed by atoms with Crippen molar-refractivity contribution in [3.63, 3.8) is 0 Å². The summed E-state index contributed by atoms with van der Waals surface area (Å²) in [6, 6.07) is 9.19. The van der Waals surface area contributed by atoms with Crippen LogP contribution in [0, 0.1) is 0 Å². The van der Waals surface area contributed by atoms with Gasteiger partial charge in [0, 0.05) is 10.7 Å². The van der Waals surface area contributed by atoms with Crippen LogP contribution in [-0.2, 0) is 6.61 Å². The zero-order valence-electron chi connectivity index (χ0n) is 11.3. The van der Waals surface area contributed by atoms with E-state index >= 15 is 0 Å². The van der Waals surface area contributed by atoms with Crippen LogP contribution in [0.3, 0.4) is 0 Å². The van der Waals surface area contributed by atoms with E-state index in [0.717, 1.165) is 15.7 Å². The summed E-state index contributed by atoms with van der Waals surface area (Å²) in [5.74, 6) is 1.22. The fourth-order valence-corrected chi connectivity index (χ4v) is 1.94. The number of halogens is 1. The van der Waals surface area contributed by atoms with Crippen molar-refractivity contribution in [2.75, 3.05) is 7.11 Å². The van der Waals surface area contributed by atoms with Crippen molar-refractivity contribution in [2.24, 2.45) is 0 Å². The maximum absolute atomic E-state index is 9.56. The fraction of sp³-hybridized carbons (Fsp3) is 0.267. The van der Waals surface area contributed by atoms with Crippen molar-refractivity contribution >= 4 is 15.9 Å². The monoisotopic (exact) mass is 337 g/mol. The van der Waals surface area contributed by atoms with Gasteiger partial charge in [0.15, 0.2) is 11.5 Å². The molecular weight excluding hydrogens is 322 g/mol. The van der Waals surface area contributed by atoms with Gasteiger partial charge in [0.05, 0.1) is 18.9 Å². The van der Waals surface area contributed by atoms with E-state index in [1.54, 1.807) is 32.4 Å². The zero-order chi connectivity index (χ0) is 14.5. The molecule has 0 aliphatic rings. The van der Waals surface area contributed by atoms with Crippen molar-refractivity contribution in [3.8, 4) is 11.5 Å². The molecule has 1 aromatic heterocycles. The second-order valence-corrected chi connectivity index (χ2v) is 5.26. The Balaban J connectivity index is 2.10. The smallest absolute Gasteiger partial charge is 0.161 e. The molecule has 0 saturated heterocycles. The first kappa shape index (κ1) is 14.8. The van der Waals surface area contributed by atoms with Gasteiger partial charge in [-0.2, -0.15) is 0 Å². The number of rotatable bonds is 5. The third-order valence-corrected chi connectivity index (χ3v) is 3.30. The molecule has 0 saturated carbocycles. The Kier molecular flexibility index (Phi) is 4.98. The largest absolute Gasteiger partial charge is 0.493 e. The highest BCUT2D eigenvalue weighted by Crippen LogP contribution is 2.30. The Bertz CT molecular complexity index is 570. The lowest BCUT2D eigenvalue weighted by Gasteiger charge is -2.13. The number of aliphatic hydroxyl groups excluding tert-OH is 1. The Morgan fingerprint density at radius 1 is 1.25 bits per heavy atom. The van der Waals surface area contributed by atoms with E-state index in [9.17, 15) is 5.11 Å². The minimum absolute atomic E-state index is 0.359. The molecule has 1 aromatic carbocycles. The van der Waals surface area contributed by atoms with Crippen LogP contribution in [0.4, 0.5) is 0 Å². The molecule has 1 atom stereocenters. The van der Waals surface area contributed by atoms with Gasteiger partial charge >= 0.3 is 0 Å². The summed E-state index contributed by atoms with van der Waals surface area (Å²) < 4.78 is 11.9. The molecule has 4 nitrogen and oxygen atoms in total. The van der Waals surface area contributed by atoms with Crippen molar-refractivity contribution in [3.05, 3.63) is 52.3 Å². The average Bonchev–Trinajstić information content (AvgIpc) is 2.46. The summed E-state index contributed by atoms with van der Waals surface area (Å²) in [4.78, 5) is 4.24. The number of aliphatic hydroxyl groups is 1. The molecule has 2 aromatic rings. The summed E-state index contributed by atoms with van der Waals surface area (Å²) in [7, 11) is 1.58. The summed E-state index contributed by atoms with van der Waals surface area (Å²) in [6.45, 7) is 2.07. The Morgan fingerprint density at radius 3 is 2.65 bits per heavy atom. The number of nitrogens with zero attached hydrogens (tertiary/aromatic N) is 1. The van der Waals surface area contributed by atoms with Gasteiger partial charge in [0.2, 0.25) is 0 Å². The van der Waals surface area contributed by atoms with Gasteiger partial charge in [-0.05, 0) is 52.7 Å². The van der Waals surface area contributed by atoms with Crippen molar-refractivity contribution in [1.29, 1.82) is 0 Å². The Labute approximate surface area is 126 Å². The van der Waals surface area contributed by atoms with Crippen molar-refractivity contribution < 1.29 is 14.6 Å². The molecule has 0 aliphatic carbocycles. The summed E-state index contributed by atoms with van der Waals surface area (Å²) in [5.41, 5.74) is 1.62. The van der Waals surface area contributed by atoms with Gasteiger partial charge in [-0.25, -0.2) is 0 Å². The van der Waals surface area contributed by atoms with Crippen LogP contribution in [0.15, 0.2) is 41.0 Å². The van der Waals surface area contributed by atoms with Gasteiger partial charge in [-0.3, -0.25) is 4.98 Å². The van der Waals surface area contributed by atoms with Gasteiger partial charge < -0.3 is 14.6 Å². The third-order valence-electron chi connectivity index (χ3n) is 2.83. The molecule has 0 bridgehead atoms. The van der Waals surface area contributed by atoms with Crippen LogP contribution in [-0.4, -0.2) is 17.2 Å². The van der Waals surface area contributed by atoms with E-state index in [0.29, 0.717) is 18.1 Å². The summed E-state index contributed by atoms with van der Waals surface area (Å²) in [6.07, 6.45) is 1.19. The summed E-state index contributed by atoms with van der Waals surface area (Å²) >= 11 is 3.34. The van der Waals surface area contributed by atoms with E-state index in [4.69, 9.17) is 9.47 Å².